The molecule has 0 amide bonds. The third kappa shape index (κ3) is 1.73. The first-order valence-electron chi connectivity index (χ1n) is 5.18. The molecule has 1 aliphatic rings. The molecule has 1 saturated heterocycles. The van der Waals surface area contributed by atoms with Gasteiger partial charge >= 0.3 is 0 Å². The molecule has 16 heavy (non-hydrogen) atoms. The fourth-order valence-corrected chi connectivity index (χ4v) is 1.65. The van der Waals surface area contributed by atoms with Crippen molar-refractivity contribution in [2.75, 3.05) is 13.2 Å². The molecule has 4 nitrogen and oxygen atoms in total. The maximum Gasteiger partial charge on any atom is 0.217 e. The number of nitrogens with zero attached hydrogens (tertiary/aromatic N) is 1. The van der Waals surface area contributed by atoms with E-state index in [-0.39, 0.29) is 6.29 Å². The molecule has 0 saturated carbocycles. The van der Waals surface area contributed by atoms with Gasteiger partial charge in [0.05, 0.1) is 13.2 Å². The van der Waals surface area contributed by atoms with E-state index in [4.69, 9.17) is 13.9 Å². The largest absolute Gasteiger partial charge is 0.454 e. The van der Waals surface area contributed by atoms with Crippen molar-refractivity contribution in [3.63, 3.8) is 0 Å². The van der Waals surface area contributed by atoms with Crippen LogP contribution in [0.3, 0.4) is 0 Å². The van der Waals surface area contributed by atoms with Crippen molar-refractivity contribution in [3.05, 3.63) is 42.3 Å². The first kappa shape index (κ1) is 9.57. The van der Waals surface area contributed by atoms with Crippen molar-refractivity contribution >= 4 is 0 Å². The van der Waals surface area contributed by atoms with E-state index in [1.165, 1.54) is 0 Å². The smallest absolute Gasteiger partial charge is 0.217 e. The SMILES string of the molecule is c1ccc(-c2ccc(C3OCCO3)o2)nc1. The number of hydrogen-bond donors (Lipinski definition) is 0. The summed E-state index contributed by atoms with van der Waals surface area (Å²) in [6.07, 6.45) is 1.37. The van der Waals surface area contributed by atoms with Crippen LogP contribution in [0, 0.1) is 0 Å². The Morgan fingerprint density at radius 1 is 1.06 bits per heavy atom. The number of furan rings is 1. The van der Waals surface area contributed by atoms with E-state index in [9.17, 15) is 0 Å². The van der Waals surface area contributed by atoms with E-state index < -0.39 is 0 Å². The molecular formula is C12H11NO3. The van der Waals surface area contributed by atoms with Crippen LogP contribution in [0.25, 0.3) is 11.5 Å². The zero-order chi connectivity index (χ0) is 10.8. The van der Waals surface area contributed by atoms with Gasteiger partial charge in [0.2, 0.25) is 6.29 Å². The Kier molecular flexibility index (Phi) is 2.44. The predicted octanol–water partition coefficient (Wildman–Crippen LogP) is 2.39. The van der Waals surface area contributed by atoms with Gasteiger partial charge in [-0.2, -0.15) is 0 Å². The van der Waals surface area contributed by atoms with Gasteiger partial charge in [0.15, 0.2) is 11.5 Å². The van der Waals surface area contributed by atoms with Crippen LogP contribution in [0.1, 0.15) is 12.1 Å². The molecule has 1 aliphatic heterocycles. The lowest BCUT2D eigenvalue weighted by Gasteiger charge is -2.04. The standard InChI is InChI=1S/C12H11NO3/c1-2-6-13-9(3-1)10-4-5-11(16-10)12-14-7-8-15-12/h1-6,12H,7-8H2. The second-order valence-corrected chi connectivity index (χ2v) is 3.49. The molecule has 0 aliphatic carbocycles. The van der Waals surface area contributed by atoms with Crippen molar-refractivity contribution in [2.45, 2.75) is 6.29 Å². The van der Waals surface area contributed by atoms with Gasteiger partial charge in [0.25, 0.3) is 0 Å². The average Bonchev–Trinajstić information content (AvgIpc) is 3.01. The van der Waals surface area contributed by atoms with Crippen molar-refractivity contribution in [3.8, 4) is 11.5 Å². The summed E-state index contributed by atoms with van der Waals surface area (Å²) in [5, 5.41) is 0. The van der Waals surface area contributed by atoms with Gasteiger partial charge in [-0.3, -0.25) is 4.98 Å². The summed E-state index contributed by atoms with van der Waals surface area (Å²) in [5.74, 6) is 1.42. The van der Waals surface area contributed by atoms with Crippen molar-refractivity contribution in [1.29, 1.82) is 0 Å². The molecule has 0 aromatic carbocycles. The monoisotopic (exact) mass is 217 g/mol. The van der Waals surface area contributed by atoms with E-state index in [2.05, 4.69) is 4.98 Å². The molecule has 0 spiro atoms. The minimum atomic E-state index is -0.363. The highest BCUT2D eigenvalue weighted by Crippen LogP contribution is 2.28. The molecular weight excluding hydrogens is 206 g/mol. The number of hydrogen-bond acceptors (Lipinski definition) is 4. The third-order valence-corrected chi connectivity index (χ3v) is 2.40. The Bertz CT molecular complexity index is 460. The fourth-order valence-electron chi connectivity index (χ4n) is 1.65. The molecule has 0 N–H and O–H groups in total. The summed E-state index contributed by atoms with van der Waals surface area (Å²) in [7, 11) is 0. The quantitative estimate of drug-likeness (QED) is 0.774. The summed E-state index contributed by atoms with van der Waals surface area (Å²) in [6.45, 7) is 1.23. The molecule has 0 atom stereocenters. The van der Waals surface area contributed by atoms with E-state index in [1.54, 1.807) is 6.20 Å². The molecule has 2 aromatic heterocycles. The van der Waals surface area contributed by atoms with Crippen LogP contribution in [-0.4, -0.2) is 18.2 Å². The molecule has 82 valence electrons. The summed E-state index contributed by atoms with van der Waals surface area (Å²) in [5.41, 5.74) is 0.812. The predicted molar refractivity (Wildman–Crippen MR) is 56.6 cm³/mol. The number of pyridine rings is 1. The molecule has 1 fully saturated rings. The van der Waals surface area contributed by atoms with E-state index in [0.717, 1.165) is 11.5 Å². The molecule has 0 bridgehead atoms. The Balaban J connectivity index is 1.87. The Morgan fingerprint density at radius 3 is 2.69 bits per heavy atom. The second-order valence-electron chi connectivity index (χ2n) is 3.49. The first-order valence-corrected chi connectivity index (χ1v) is 5.18. The van der Waals surface area contributed by atoms with Gasteiger partial charge in [-0.15, -0.1) is 0 Å². The van der Waals surface area contributed by atoms with Gasteiger partial charge in [-0.25, -0.2) is 0 Å². The van der Waals surface area contributed by atoms with Crippen LogP contribution in [0.4, 0.5) is 0 Å². The lowest BCUT2D eigenvalue weighted by molar-refractivity contribution is -0.0585. The molecule has 3 rings (SSSR count). The van der Waals surface area contributed by atoms with E-state index in [1.807, 2.05) is 30.3 Å². The molecule has 3 heterocycles. The number of rotatable bonds is 2. The van der Waals surface area contributed by atoms with Crippen LogP contribution in [-0.2, 0) is 9.47 Å². The maximum absolute atomic E-state index is 5.64. The summed E-state index contributed by atoms with van der Waals surface area (Å²) in [6, 6.07) is 9.44. The van der Waals surface area contributed by atoms with E-state index >= 15 is 0 Å². The van der Waals surface area contributed by atoms with Crippen molar-refractivity contribution in [1.82, 2.24) is 4.98 Å². The maximum atomic E-state index is 5.64. The van der Waals surface area contributed by atoms with E-state index in [0.29, 0.717) is 19.0 Å². The van der Waals surface area contributed by atoms with Gasteiger partial charge in [0, 0.05) is 6.20 Å². The van der Waals surface area contributed by atoms with Gasteiger partial charge < -0.3 is 13.9 Å². The van der Waals surface area contributed by atoms with Crippen LogP contribution >= 0.6 is 0 Å². The Hall–Kier alpha value is -1.65. The normalized spacial score (nSPS) is 16.8. The molecule has 0 unspecified atom stereocenters. The lowest BCUT2D eigenvalue weighted by Crippen LogP contribution is -1.94. The molecule has 0 radical (unpaired) electrons. The zero-order valence-electron chi connectivity index (χ0n) is 8.63. The minimum absolute atomic E-state index is 0.363. The summed E-state index contributed by atoms with van der Waals surface area (Å²) < 4.78 is 16.3. The highest BCUT2D eigenvalue weighted by Gasteiger charge is 2.22. The molecule has 2 aromatic rings. The minimum Gasteiger partial charge on any atom is -0.454 e. The lowest BCUT2D eigenvalue weighted by atomic mass is 10.3. The third-order valence-electron chi connectivity index (χ3n) is 2.40. The highest BCUT2D eigenvalue weighted by atomic mass is 16.7. The number of ether oxygens (including phenoxy) is 2. The summed E-state index contributed by atoms with van der Waals surface area (Å²) in [4.78, 5) is 4.21. The highest BCUT2D eigenvalue weighted by molar-refractivity contribution is 5.51. The van der Waals surface area contributed by atoms with Crippen LogP contribution in [0.5, 0.6) is 0 Å². The second kappa shape index (κ2) is 4.08. The fraction of sp³-hybridized carbons (Fsp3) is 0.250. The van der Waals surface area contributed by atoms with Crippen LogP contribution in [0.15, 0.2) is 40.9 Å². The topological polar surface area (TPSA) is 44.5 Å². The zero-order valence-corrected chi connectivity index (χ0v) is 8.63. The average molecular weight is 217 g/mol. The summed E-state index contributed by atoms with van der Waals surface area (Å²) >= 11 is 0. The first-order chi connectivity index (χ1) is 7.93. The van der Waals surface area contributed by atoms with Crippen molar-refractivity contribution in [2.24, 2.45) is 0 Å². The molecule has 4 heteroatoms. The van der Waals surface area contributed by atoms with Gasteiger partial charge in [-0.1, -0.05) is 6.07 Å². The van der Waals surface area contributed by atoms with Crippen LogP contribution in [0.2, 0.25) is 0 Å². The van der Waals surface area contributed by atoms with Crippen molar-refractivity contribution < 1.29 is 13.9 Å². The number of aromatic nitrogens is 1. The Morgan fingerprint density at radius 2 is 1.94 bits per heavy atom. The van der Waals surface area contributed by atoms with Gasteiger partial charge in [0.1, 0.15) is 5.69 Å². The Labute approximate surface area is 92.8 Å². The van der Waals surface area contributed by atoms with Crippen LogP contribution < -0.4 is 0 Å². The van der Waals surface area contributed by atoms with Gasteiger partial charge in [-0.05, 0) is 24.3 Å².